The molecule has 0 aromatic carbocycles. The van der Waals surface area contributed by atoms with Gasteiger partial charge >= 0.3 is 23.9 Å². The lowest BCUT2D eigenvalue weighted by molar-refractivity contribution is -0.375. The summed E-state index contributed by atoms with van der Waals surface area (Å²) >= 11 is 0. The fourth-order valence-corrected chi connectivity index (χ4v) is 16.8. The number of allylic oxidation sites excluding steroid dienone is 3. The number of ether oxygens (including phenoxy) is 10. The van der Waals surface area contributed by atoms with E-state index in [0.717, 1.165) is 12.7 Å². The Labute approximate surface area is 496 Å². The highest BCUT2D eigenvalue weighted by Gasteiger charge is 2.76. The number of carbonyl (C=O) groups is 4. The zero-order chi connectivity index (χ0) is 63.2. The van der Waals surface area contributed by atoms with Crippen molar-refractivity contribution in [3.05, 3.63) is 34.9 Å². The molecule has 10 N–H and O–H groups in total. The summed E-state index contributed by atoms with van der Waals surface area (Å²) in [5, 5.41) is 115. The maximum absolute atomic E-state index is 13.6. The molecule has 0 aromatic rings. The quantitative estimate of drug-likeness (QED) is 0.0385. The van der Waals surface area contributed by atoms with Crippen molar-refractivity contribution in [1.82, 2.24) is 0 Å². The maximum atomic E-state index is 13.6. The van der Waals surface area contributed by atoms with Gasteiger partial charge in [0.15, 0.2) is 37.2 Å². The van der Waals surface area contributed by atoms with Crippen molar-refractivity contribution in [1.29, 1.82) is 0 Å². The minimum atomic E-state index is -1.92. The Morgan fingerprint density at radius 2 is 1.26 bits per heavy atom. The minimum absolute atomic E-state index is 0.108. The number of fused-ring (bicyclic) bond motifs is 7. The van der Waals surface area contributed by atoms with Gasteiger partial charge in [-0.05, 0) is 113 Å². The van der Waals surface area contributed by atoms with Crippen molar-refractivity contribution in [3.63, 3.8) is 0 Å². The monoisotopic (exact) mass is 1210 g/mol. The molecule has 5 aliphatic carbocycles. The second-order valence-electron chi connectivity index (χ2n) is 27.3. The van der Waals surface area contributed by atoms with Gasteiger partial charge in [-0.1, -0.05) is 72.3 Å². The molecule has 482 valence electrons. The molecule has 3 unspecified atom stereocenters. The van der Waals surface area contributed by atoms with Crippen LogP contribution in [0.5, 0.6) is 0 Å². The molecule has 0 spiro atoms. The van der Waals surface area contributed by atoms with E-state index in [-0.39, 0.29) is 29.4 Å². The van der Waals surface area contributed by atoms with Crippen LogP contribution in [0.2, 0.25) is 0 Å². The molecule has 0 radical (unpaired) electrons. The molecule has 85 heavy (non-hydrogen) atoms. The van der Waals surface area contributed by atoms with E-state index in [2.05, 4.69) is 19.9 Å². The van der Waals surface area contributed by atoms with Crippen LogP contribution in [0, 0.1) is 50.2 Å². The van der Waals surface area contributed by atoms with Crippen molar-refractivity contribution in [2.24, 2.45) is 50.2 Å². The summed E-state index contributed by atoms with van der Waals surface area (Å²) in [6.45, 7) is 21.7. The van der Waals surface area contributed by atoms with Gasteiger partial charge in [-0.3, -0.25) is 4.79 Å². The van der Waals surface area contributed by atoms with Crippen molar-refractivity contribution < 1.29 is 118 Å². The molecule has 7 fully saturated rings. The average molecular weight is 1210 g/mol. The number of carbonyl (C=O) groups excluding carboxylic acids is 4. The standard InChI is InChI=1S/C61H94O24/c1-15-26(3)50(73)81-42-36(65)28(5)77-55(45(42)82-51(74)27(4)16-2)85-48-49(78-29(6)64)61(25-63)31(23-56(48,7)8)30-17-18-34-58(11)21-20-35(57(9,10)33(58)19-22-59(34,12)60(30,13)46(71)47(61)72)80-54-44(40(69)39(68)43(83-54)52(75)76-14)84-53-41(70)38(67)37(66)32(24-62)79-53/h15-17,28,31-49,53-55,62-63,65-72H,18-25H2,1-14H3/b26-15-,27-16-/t28-,31?,32-,33?,34?,35+,36+,37-,38+,39+,40+,41-,42+,43+,44-,45-,46+,47-,48+,49+,53+,54-,55+,58+,59-,60+,61+/m1/s1. The van der Waals surface area contributed by atoms with Crippen LogP contribution < -0.4 is 0 Å². The van der Waals surface area contributed by atoms with Gasteiger partial charge in [0.05, 0.1) is 50.2 Å². The first kappa shape index (κ1) is 67.4. The van der Waals surface area contributed by atoms with Crippen LogP contribution in [0.4, 0.5) is 0 Å². The first-order valence-corrected chi connectivity index (χ1v) is 29.9. The van der Waals surface area contributed by atoms with Crippen LogP contribution >= 0.6 is 0 Å². The van der Waals surface area contributed by atoms with E-state index in [1.165, 1.54) is 39.8 Å². The van der Waals surface area contributed by atoms with E-state index in [9.17, 15) is 70.2 Å². The summed E-state index contributed by atoms with van der Waals surface area (Å²) in [7, 11) is 1.08. The number of methoxy groups -OCH3 is 1. The summed E-state index contributed by atoms with van der Waals surface area (Å²) in [5.74, 6) is -4.41. The SMILES string of the molecule is C/C=C(/C)C(=O)O[C@H]1[C@H](O[C@H]2[C@H](OC(C)=O)[C@@]3(CO)C(CC2(C)C)C2=CCC4[C@@]5(C)CC[C@H](O[C@@H]6O[C@H](C(=O)OC)[C@@H](O)[C@H](O)[C@H]6O[C@@H]6O[C@H](CO)[C@@H](O)[C@H](O)[C@H]6O)C(C)(C)C5CC[C@@]4(C)[C@]2(C)[C@@H](O)[C@H]3O)O[C@H](C)[C@H](O)[C@@H]1OC(=O)/C(C)=C\C. The van der Waals surface area contributed by atoms with Crippen LogP contribution in [0.1, 0.15) is 129 Å². The largest absolute Gasteiger partial charge is 0.467 e. The summed E-state index contributed by atoms with van der Waals surface area (Å²) in [4.78, 5) is 53.5. The molecule has 24 nitrogen and oxygen atoms in total. The highest BCUT2D eigenvalue weighted by Crippen LogP contribution is 2.76. The van der Waals surface area contributed by atoms with Crippen molar-refractivity contribution in [2.45, 2.75) is 251 Å². The second kappa shape index (κ2) is 24.7. The maximum Gasteiger partial charge on any atom is 0.337 e. The number of hydrogen-bond donors (Lipinski definition) is 10. The summed E-state index contributed by atoms with van der Waals surface area (Å²) in [5.41, 5.74) is -4.77. The molecule has 0 aromatic heterocycles. The van der Waals surface area contributed by atoms with E-state index in [1.54, 1.807) is 13.8 Å². The van der Waals surface area contributed by atoms with Crippen molar-refractivity contribution in [3.8, 4) is 0 Å². The molecule has 0 bridgehead atoms. The lowest BCUT2D eigenvalue weighted by Crippen LogP contribution is -2.77. The van der Waals surface area contributed by atoms with Gasteiger partial charge in [0.1, 0.15) is 61.0 Å². The zero-order valence-electron chi connectivity index (χ0n) is 51.4. The van der Waals surface area contributed by atoms with Gasteiger partial charge in [0.2, 0.25) is 0 Å². The van der Waals surface area contributed by atoms with Crippen LogP contribution in [0.15, 0.2) is 34.9 Å². The normalized spacial score (nSPS) is 47.8. The third-order valence-corrected chi connectivity index (χ3v) is 22.1. The molecule has 3 aliphatic heterocycles. The van der Waals surface area contributed by atoms with Gasteiger partial charge < -0.3 is 98.4 Å². The number of esters is 4. The Kier molecular flexibility index (Phi) is 19.6. The molecular formula is C61H94O24. The molecule has 4 saturated carbocycles. The van der Waals surface area contributed by atoms with Crippen LogP contribution in [0.3, 0.4) is 0 Å². The lowest BCUT2D eigenvalue weighted by Gasteiger charge is -2.73. The number of aliphatic hydroxyl groups excluding tert-OH is 10. The zero-order valence-corrected chi connectivity index (χ0v) is 51.4. The Morgan fingerprint density at radius 3 is 1.84 bits per heavy atom. The number of hydrogen-bond acceptors (Lipinski definition) is 24. The molecule has 3 saturated heterocycles. The number of rotatable bonds is 14. The smallest absolute Gasteiger partial charge is 0.337 e. The highest BCUT2D eigenvalue weighted by atomic mass is 16.8. The van der Waals surface area contributed by atoms with Crippen LogP contribution in [-0.2, 0) is 66.5 Å². The fourth-order valence-electron chi connectivity index (χ4n) is 16.8. The topological polar surface area (TPSA) is 363 Å². The van der Waals surface area contributed by atoms with E-state index in [4.69, 9.17) is 47.4 Å². The van der Waals surface area contributed by atoms with Gasteiger partial charge in [-0.2, -0.15) is 0 Å². The average Bonchev–Trinajstić information content (AvgIpc) is 0.675. The van der Waals surface area contributed by atoms with Gasteiger partial charge in [-0.15, -0.1) is 0 Å². The Balaban J connectivity index is 1.12. The Morgan fingerprint density at radius 1 is 0.647 bits per heavy atom. The Hall–Kier alpha value is -3.54. The molecule has 3 heterocycles. The molecule has 0 amide bonds. The first-order valence-electron chi connectivity index (χ1n) is 29.9. The van der Waals surface area contributed by atoms with Crippen LogP contribution in [0.25, 0.3) is 0 Å². The predicted octanol–water partition coefficient (Wildman–Crippen LogP) is 1.31. The van der Waals surface area contributed by atoms with E-state index >= 15 is 0 Å². The third kappa shape index (κ3) is 11.0. The molecule has 24 heteroatoms. The summed E-state index contributed by atoms with van der Waals surface area (Å²) in [6, 6.07) is 0. The summed E-state index contributed by atoms with van der Waals surface area (Å²) < 4.78 is 60.8. The van der Waals surface area contributed by atoms with E-state index < -0.39 is 198 Å². The van der Waals surface area contributed by atoms with E-state index in [1.807, 2.05) is 34.6 Å². The van der Waals surface area contributed by atoms with E-state index in [0.29, 0.717) is 32.1 Å². The van der Waals surface area contributed by atoms with Gasteiger partial charge in [0.25, 0.3) is 0 Å². The molecule has 27 atom stereocenters. The predicted molar refractivity (Wildman–Crippen MR) is 295 cm³/mol. The fraction of sp³-hybridized carbons (Fsp3) is 0.836. The van der Waals surface area contributed by atoms with Crippen molar-refractivity contribution in [2.75, 3.05) is 20.3 Å². The first-order chi connectivity index (χ1) is 39.6. The molecular weight excluding hydrogens is 1120 g/mol. The molecule has 8 rings (SSSR count). The number of aliphatic hydroxyl groups is 10. The molecule has 8 aliphatic rings. The second-order valence-corrected chi connectivity index (χ2v) is 27.3. The van der Waals surface area contributed by atoms with Gasteiger partial charge in [0, 0.05) is 23.5 Å². The van der Waals surface area contributed by atoms with Crippen molar-refractivity contribution >= 4 is 23.9 Å². The summed E-state index contributed by atoms with van der Waals surface area (Å²) in [6.07, 6.45) is -23.6. The lowest BCUT2D eigenvalue weighted by atomic mass is 9.32. The highest BCUT2D eigenvalue weighted by molar-refractivity contribution is 5.88. The Bertz CT molecular complexity index is 2570. The third-order valence-electron chi connectivity index (χ3n) is 22.1. The van der Waals surface area contributed by atoms with Crippen LogP contribution in [-0.4, -0.2) is 218 Å². The minimum Gasteiger partial charge on any atom is -0.467 e. The van der Waals surface area contributed by atoms with Gasteiger partial charge in [-0.25, -0.2) is 14.4 Å².